The largest absolute Gasteiger partial charge is 0.481 e. The maximum Gasteiger partial charge on any atom is 0.311 e. The van der Waals surface area contributed by atoms with Crippen molar-refractivity contribution in [2.45, 2.75) is 63.5 Å². The van der Waals surface area contributed by atoms with Crippen LogP contribution in [0.2, 0.25) is 0 Å². The first kappa shape index (κ1) is 14.5. The Hall–Kier alpha value is -1.10. The van der Waals surface area contributed by atoms with Gasteiger partial charge < -0.3 is 15.3 Å². The highest BCUT2D eigenvalue weighted by Crippen LogP contribution is 2.49. The summed E-state index contributed by atoms with van der Waals surface area (Å²) in [5, 5.41) is 13.2. The number of likely N-dealkylation sites (tertiary alicyclic amines) is 1. The van der Waals surface area contributed by atoms with E-state index in [9.17, 15) is 14.7 Å². The average Bonchev–Trinajstić information content (AvgIpc) is 3.17. The van der Waals surface area contributed by atoms with Gasteiger partial charge in [0.05, 0.1) is 11.5 Å². The fraction of sp³-hybridized carbons (Fsp3) is 0.882. The molecule has 2 saturated heterocycles. The van der Waals surface area contributed by atoms with Crippen LogP contribution in [0, 0.1) is 17.3 Å². The molecule has 4 aliphatic rings. The summed E-state index contributed by atoms with van der Waals surface area (Å²) < 4.78 is 0. The third kappa shape index (κ3) is 2.08. The zero-order chi connectivity index (χ0) is 15.3. The lowest BCUT2D eigenvalue weighted by atomic mass is 9.81. The Balaban J connectivity index is 1.45. The molecule has 0 spiro atoms. The lowest BCUT2D eigenvalue weighted by Crippen LogP contribution is -2.46. The molecular formula is C17H26N2O3. The Bertz CT molecular complexity index is 480. The van der Waals surface area contributed by atoms with Crippen molar-refractivity contribution in [3.05, 3.63) is 0 Å². The van der Waals surface area contributed by atoms with Crippen molar-refractivity contribution in [3.8, 4) is 0 Å². The van der Waals surface area contributed by atoms with Gasteiger partial charge in [-0.25, -0.2) is 0 Å². The molecule has 0 aromatic heterocycles. The number of amides is 1. The molecule has 0 aromatic carbocycles. The van der Waals surface area contributed by atoms with Crippen molar-refractivity contribution in [2.75, 3.05) is 13.1 Å². The summed E-state index contributed by atoms with van der Waals surface area (Å²) in [5.74, 6) is 0.277. The number of rotatable bonds is 2. The van der Waals surface area contributed by atoms with E-state index in [4.69, 9.17) is 0 Å². The lowest BCUT2D eigenvalue weighted by molar-refractivity contribution is -0.149. The van der Waals surface area contributed by atoms with Crippen LogP contribution in [-0.2, 0) is 9.59 Å². The van der Waals surface area contributed by atoms with Gasteiger partial charge in [-0.2, -0.15) is 0 Å². The van der Waals surface area contributed by atoms with E-state index in [-0.39, 0.29) is 17.9 Å². The zero-order valence-electron chi connectivity index (χ0n) is 13.1. The van der Waals surface area contributed by atoms with Crippen molar-refractivity contribution in [1.29, 1.82) is 0 Å². The highest BCUT2D eigenvalue weighted by molar-refractivity contribution is 5.85. The Kier molecular flexibility index (Phi) is 3.44. The Labute approximate surface area is 131 Å². The van der Waals surface area contributed by atoms with E-state index in [1.165, 1.54) is 25.7 Å². The van der Waals surface area contributed by atoms with E-state index in [0.717, 1.165) is 25.7 Å². The molecule has 0 bridgehead atoms. The number of nitrogens with zero attached hydrogens (tertiary/aromatic N) is 1. The number of aliphatic carboxylic acids is 1. The van der Waals surface area contributed by atoms with E-state index in [1.807, 2.05) is 4.90 Å². The van der Waals surface area contributed by atoms with Crippen molar-refractivity contribution in [2.24, 2.45) is 17.3 Å². The molecule has 5 atom stereocenters. The van der Waals surface area contributed by atoms with E-state index < -0.39 is 11.4 Å². The number of carboxylic acids is 1. The molecule has 2 aliphatic carbocycles. The van der Waals surface area contributed by atoms with Gasteiger partial charge >= 0.3 is 5.97 Å². The highest BCUT2D eigenvalue weighted by atomic mass is 16.4. The SMILES string of the molecule is O=C(C1CC2CCCCC2N1)N1C[C@@H]2CCC[C@@]2(C(=O)O)C1. The fourth-order valence-corrected chi connectivity index (χ4v) is 5.54. The quantitative estimate of drug-likeness (QED) is 0.813. The van der Waals surface area contributed by atoms with Crippen molar-refractivity contribution in [1.82, 2.24) is 10.2 Å². The molecule has 122 valence electrons. The summed E-state index contributed by atoms with van der Waals surface area (Å²) >= 11 is 0. The first-order valence-electron chi connectivity index (χ1n) is 8.88. The smallest absolute Gasteiger partial charge is 0.311 e. The molecule has 2 aliphatic heterocycles. The second kappa shape index (κ2) is 5.22. The van der Waals surface area contributed by atoms with Crippen LogP contribution in [0.15, 0.2) is 0 Å². The summed E-state index contributed by atoms with van der Waals surface area (Å²) in [4.78, 5) is 26.5. The standard InChI is InChI=1S/C17H26N2O3/c20-15(14-8-11-4-1-2-6-13(11)18-14)19-9-12-5-3-7-17(12,10-19)16(21)22/h11-14,18H,1-10H2,(H,21,22)/t11?,12-,13?,14?,17+/m0/s1. The molecular weight excluding hydrogens is 280 g/mol. The van der Waals surface area contributed by atoms with Crippen molar-refractivity contribution >= 4 is 11.9 Å². The number of carboxylic acid groups (broad SMARTS) is 1. The molecule has 5 heteroatoms. The van der Waals surface area contributed by atoms with Crippen LogP contribution in [0.25, 0.3) is 0 Å². The van der Waals surface area contributed by atoms with Gasteiger partial charge in [0.2, 0.25) is 5.91 Å². The number of carbonyl (C=O) groups excluding carboxylic acids is 1. The van der Waals surface area contributed by atoms with Gasteiger partial charge in [0.1, 0.15) is 0 Å². The van der Waals surface area contributed by atoms with Gasteiger partial charge in [-0.15, -0.1) is 0 Å². The van der Waals surface area contributed by atoms with E-state index in [2.05, 4.69) is 5.32 Å². The zero-order valence-corrected chi connectivity index (χ0v) is 13.1. The Morgan fingerprint density at radius 1 is 1.14 bits per heavy atom. The molecule has 2 N–H and O–H groups in total. The van der Waals surface area contributed by atoms with Crippen molar-refractivity contribution in [3.63, 3.8) is 0 Å². The molecule has 2 heterocycles. The molecule has 4 fully saturated rings. The first-order chi connectivity index (χ1) is 10.6. The molecule has 2 saturated carbocycles. The number of carbonyl (C=O) groups is 2. The van der Waals surface area contributed by atoms with Crippen LogP contribution in [-0.4, -0.2) is 47.1 Å². The maximum atomic E-state index is 12.9. The Morgan fingerprint density at radius 2 is 1.95 bits per heavy atom. The first-order valence-corrected chi connectivity index (χ1v) is 8.88. The van der Waals surface area contributed by atoms with Crippen LogP contribution in [0.3, 0.4) is 0 Å². The second-order valence-corrected chi connectivity index (χ2v) is 7.88. The highest BCUT2D eigenvalue weighted by Gasteiger charge is 2.56. The Morgan fingerprint density at radius 3 is 2.68 bits per heavy atom. The number of nitrogens with one attached hydrogen (secondary N) is 1. The summed E-state index contributed by atoms with van der Waals surface area (Å²) in [6, 6.07) is 0.441. The molecule has 4 rings (SSSR count). The summed E-state index contributed by atoms with van der Waals surface area (Å²) in [6.07, 6.45) is 8.62. The number of hydrogen-bond donors (Lipinski definition) is 2. The van der Waals surface area contributed by atoms with Crippen LogP contribution in [0.1, 0.15) is 51.4 Å². The molecule has 0 aromatic rings. The van der Waals surface area contributed by atoms with Crippen molar-refractivity contribution < 1.29 is 14.7 Å². The van der Waals surface area contributed by atoms with Gasteiger partial charge in [-0.3, -0.25) is 9.59 Å². The minimum atomic E-state index is -0.696. The summed E-state index contributed by atoms with van der Waals surface area (Å²) in [7, 11) is 0. The molecule has 22 heavy (non-hydrogen) atoms. The predicted molar refractivity (Wildman–Crippen MR) is 81.3 cm³/mol. The van der Waals surface area contributed by atoms with Gasteiger partial charge in [0.25, 0.3) is 0 Å². The molecule has 5 nitrogen and oxygen atoms in total. The maximum absolute atomic E-state index is 12.9. The van der Waals surface area contributed by atoms with Crippen LogP contribution in [0.4, 0.5) is 0 Å². The minimum absolute atomic E-state index is 0.0715. The van der Waals surface area contributed by atoms with E-state index >= 15 is 0 Å². The van der Waals surface area contributed by atoms with Crippen LogP contribution in [0.5, 0.6) is 0 Å². The minimum Gasteiger partial charge on any atom is -0.481 e. The molecule has 1 amide bonds. The van der Waals surface area contributed by atoms with Gasteiger partial charge in [-0.05, 0) is 43.9 Å². The van der Waals surface area contributed by atoms with Gasteiger partial charge in [0, 0.05) is 19.1 Å². The fourth-order valence-electron chi connectivity index (χ4n) is 5.54. The second-order valence-electron chi connectivity index (χ2n) is 7.88. The van der Waals surface area contributed by atoms with E-state index in [0.29, 0.717) is 25.0 Å². The third-order valence-electron chi connectivity index (χ3n) is 6.77. The third-order valence-corrected chi connectivity index (χ3v) is 6.77. The number of fused-ring (bicyclic) bond motifs is 2. The van der Waals surface area contributed by atoms with E-state index in [1.54, 1.807) is 0 Å². The average molecular weight is 306 g/mol. The normalized spacial score (nSPS) is 43.9. The topological polar surface area (TPSA) is 69.6 Å². The predicted octanol–water partition coefficient (Wildman–Crippen LogP) is 1.62. The van der Waals surface area contributed by atoms with Crippen LogP contribution < -0.4 is 5.32 Å². The number of hydrogen-bond acceptors (Lipinski definition) is 3. The lowest BCUT2D eigenvalue weighted by Gasteiger charge is -2.25. The summed E-state index contributed by atoms with van der Waals surface area (Å²) in [6.45, 7) is 1.08. The van der Waals surface area contributed by atoms with Gasteiger partial charge in [0.15, 0.2) is 0 Å². The monoisotopic (exact) mass is 306 g/mol. The van der Waals surface area contributed by atoms with Crippen LogP contribution >= 0.6 is 0 Å². The molecule has 0 radical (unpaired) electrons. The summed E-state index contributed by atoms with van der Waals surface area (Å²) in [5.41, 5.74) is -0.652. The molecule has 3 unspecified atom stereocenters. The van der Waals surface area contributed by atoms with Gasteiger partial charge in [-0.1, -0.05) is 19.3 Å².